The van der Waals surface area contributed by atoms with E-state index in [0.29, 0.717) is 24.4 Å². The molecule has 0 aliphatic heterocycles. The lowest BCUT2D eigenvalue weighted by Gasteiger charge is -2.14. The molecule has 0 spiro atoms. The van der Waals surface area contributed by atoms with E-state index in [2.05, 4.69) is 15.9 Å². The second kappa shape index (κ2) is 11.1. The lowest BCUT2D eigenvalue weighted by atomic mass is 10.1. The Morgan fingerprint density at radius 1 is 0.848 bits per heavy atom. The van der Waals surface area contributed by atoms with E-state index in [4.69, 9.17) is 14.5 Å². The summed E-state index contributed by atoms with van der Waals surface area (Å²) < 4.78 is 13.9. The molecule has 0 amide bonds. The maximum Gasteiger partial charge on any atom is 0.261 e. The predicted octanol–water partition coefficient (Wildman–Crippen LogP) is 6.47. The standard InChI is InChI=1S/C27H27BrN2O3/c1-32-22-14-10-20(11-15-22)26-29-25-9-5-4-8-24(25)27(31)30(26)18-6-2-3-7-19-33-23-16-12-21(28)13-17-23/h4-5,8-17H,2-3,6-7,18-19H2,1H3. The Hall–Kier alpha value is -3.12. The SMILES string of the molecule is COc1ccc(-c2nc3ccccc3c(=O)n2CCCCCCOc2ccc(Br)cc2)cc1. The van der Waals surface area contributed by atoms with Gasteiger partial charge in [-0.05, 0) is 73.5 Å². The van der Waals surface area contributed by atoms with Crippen LogP contribution in [0.1, 0.15) is 25.7 Å². The molecule has 0 fully saturated rings. The van der Waals surface area contributed by atoms with Crippen LogP contribution < -0.4 is 15.0 Å². The highest BCUT2D eigenvalue weighted by Crippen LogP contribution is 2.22. The van der Waals surface area contributed by atoms with Crippen molar-refractivity contribution in [3.05, 3.63) is 87.6 Å². The van der Waals surface area contributed by atoms with E-state index in [1.807, 2.05) is 77.4 Å². The molecular weight excluding hydrogens is 480 g/mol. The smallest absolute Gasteiger partial charge is 0.261 e. The Kier molecular flexibility index (Phi) is 7.79. The van der Waals surface area contributed by atoms with Crippen LogP contribution in [-0.2, 0) is 6.54 Å². The van der Waals surface area contributed by atoms with Crippen LogP contribution in [0.4, 0.5) is 0 Å². The Morgan fingerprint density at radius 3 is 2.30 bits per heavy atom. The lowest BCUT2D eigenvalue weighted by molar-refractivity contribution is 0.304. The van der Waals surface area contributed by atoms with Crippen LogP contribution in [0, 0.1) is 0 Å². The zero-order valence-corrected chi connectivity index (χ0v) is 20.3. The highest BCUT2D eigenvalue weighted by molar-refractivity contribution is 9.10. The van der Waals surface area contributed by atoms with Gasteiger partial charge in [0.05, 0.1) is 24.6 Å². The summed E-state index contributed by atoms with van der Waals surface area (Å²) in [5.41, 5.74) is 1.63. The van der Waals surface area contributed by atoms with Crippen LogP contribution in [0.3, 0.4) is 0 Å². The summed E-state index contributed by atoms with van der Waals surface area (Å²) in [4.78, 5) is 18.1. The molecule has 33 heavy (non-hydrogen) atoms. The molecule has 1 aromatic heterocycles. The fourth-order valence-corrected chi connectivity index (χ4v) is 4.05. The molecule has 0 bridgehead atoms. The molecule has 0 aliphatic rings. The van der Waals surface area contributed by atoms with Gasteiger partial charge in [0.1, 0.15) is 17.3 Å². The Morgan fingerprint density at radius 2 is 1.55 bits per heavy atom. The molecular formula is C27H27BrN2O3. The Labute approximate surface area is 202 Å². The molecule has 0 aliphatic carbocycles. The van der Waals surface area contributed by atoms with E-state index in [1.165, 1.54) is 0 Å². The highest BCUT2D eigenvalue weighted by atomic mass is 79.9. The fraction of sp³-hybridized carbons (Fsp3) is 0.259. The number of nitrogens with zero attached hydrogens (tertiary/aromatic N) is 2. The number of fused-ring (bicyclic) bond motifs is 1. The van der Waals surface area contributed by atoms with Gasteiger partial charge < -0.3 is 9.47 Å². The van der Waals surface area contributed by atoms with E-state index < -0.39 is 0 Å². The molecule has 6 heteroatoms. The van der Waals surface area contributed by atoms with E-state index >= 15 is 0 Å². The first-order valence-corrected chi connectivity index (χ1v) is 12.0. The van der Waals surface area contributed by atoms with Crippen LogP contribution in [0.5, 0.6) is 11.5 Å². The number of benzene rings is 3. The second-order valence-electron chi connectivity index (χ2n) is 7.85. The number of aromatic nitrogens is 2. The van der Waals surface area contributed by atoms with Gasteiger partial charge in [-0.2, -0.15) is 0 Å². The van der Waals surface area contributed by atoms with Gasteiger partial charge in [-0.1, -0.05) is 40.9 Å². The summed E-state index contributed by atoms with van der Waals surface area (Å²) in [6.07, 6.45) is 3.95. The lowest BCUT2D eigenvalue weighted by Crippen LogP contribution is -2.23. The molecule has 0 radical (unpaired) electrons. The van der Waals surface area contributed by atoms with Crippen LogP contribution >= 0.6 is 15.9 Å². The van der Waals surface area contributed by atoms with Gasteiger partial charge in [-0.3, -0.25) is 9.36 Å². The summed E-state index contributed by atoms with van der Waals surface area (Å²) >= 11 is 3.43. The minimum absolute atomic E-state index is 0.00462. The zero-order chi connectivity index (χ0) is 23.0. The summed E-state index contributed by atoms with van der Waals surface area (Å²) in [5, 5.41) is 0.651. The van der Waals surface area contributed by atoms with Crippen molar-refractivity contribution in [2.75, 3.05) is 13.7 Å². The number of rotatable bonds is 10. The van der Waals surface area contributed by atoms with Crippen molar-refractivity contribution in [1.29, 1.82) is 0 Å². The van der Waals surface area contributed by atoms with Crippen LogP contribution in [-0.4, -0.2) is 23.3 Å². The third kappa shape index (κ3) is 5.82. The molecule has 3 aromatic carbocycles. The number of para-hydroxylation sites is 1. The van der Waals surface area contributed by atoms with Gasteiger partial charge in [0, 0.05) is 16.6 Å². The number of methoxy groups -OCH3 is 1. The van der Waals surface area contributed by atoms with Crippen molar-refractivity contribution in [2.24, 2.45) is 0 Å². The first kappa shape index (κ1) is 23.1. The van der Waals surface area contributed by atoms with Gasteiger partial charge in [-0.25, -0.2) is 4.98 Å². The average Bonchev–Trinajstić information content (AvgIpc) is 2.85. The molecule has 0 atom stereocenters. The van der Waals surface area contributed by atoms with E-state index in [9.17, 15) is 4.79 Å². The normalized spacial score (nSPS) is 11.0. The van der Waals surface area contributed by atoms with Crippen molar-refractivity contribution in [1.82, 2.24) is 9.55 Å². The quantitative estimate of drug-likeness (QED) is 0.231. The maximum atomic E-state index is 13.3. The van der Waals surface area contributed by atoms with Gasteiger partial charge in [0.15, 0.2) is 0 Å². The molecule has 0 saturated heterocycles. The van der Waals surface area contributed by atoms with Crippen molar-refractivity contribution in [3.63, 3.8) is 0 Å². The highest BCUT2D eigenvalue weighted by Gasteiger charge is 2.12. The van der Waals surface area contributed by atoms with Crippen molar-refractivity contribution in [3.8, 4) is 22.9 Å². The first-order valence-electron chi connectivity index (χ1n) is 11.2. The molecule has 0 unspecified atom stereocenters. The third-order valence-corrected chi connectivity index (χ3v) is 6.10. The van der Waals surface area contributed by atoms with Crippen LogP contribution in [0.2, 0.25) is 0 Å². The maximum absolute atomic E-state index is 13.3. The zero-order valence-electron chi connectivity index (χ0n) is 18.7. The van der Waals surface area contributed by atoms with Crippen molar-refractivity contribution < 1.29 is 9.47 Å². The molecule has 4 rings (SSSR count). The molecule has 170 valence electrons. The van der Waals surface area contributed by atoms with Gasteiger partial charge in [0.25, 0.3) is 5.56 Å². The van der Waals surface area contributed by atoms with Crippen molar-refractivity contribution in [2.45, 2.75) is 32.2 Å². The molecule has 1 heterocycles. The monoisotopic (exact) mass is 506 g/mol. The molecule has 4 aromatic rings. The van der Waals surface area contributed by atoms with Crippen molar-refractivity contribution >= 4 is 26.8 Å². The van der Waals surface area contributed by atoms with E-state index in [0.717, 1.165) is 52.7 Å². The number of unbranched alkanes of at least 4 members (excludes halogenated alkanes) is 3. The van der Waals surface area contributed by atoms with E-state index in [-0.39, 0.29) is 5.56 Å². The van der Waals surface area contributed by atoms with E-state index in [1.54, 1.807) is 7.11 Å². The fourth-order valence-electron chi connectivity index (χ4n) is 3.78. The average molecular weight is 507 g/mol. The molecule has 5 nitrogen and oxygen atoms in total. The summed E-state index contributed by atoms with van der Waals surface area (Å²) in [7, 11) is 1.64. The Bertz CT molecular complexity index is 1250. The summed E-state index contributed by atoms with van der Waals surface area (Å²) in [6, 6.07) is 23.1. The van der Waals surface area contributed by atoms with Gasteiger partial charge >= 0.3 is 0 Å². The largest absolute Gasteiger partial charge is 0.497 e. The molecule has 0 N–H and O–H groups in total. The second-order valence-corrected chi connectivity index (χ2v) is 8.77. The summed E-state index contributed by atoms with van der Waals surface area (Å²) in [6.45, 7) is 1.32. The van der Waals surface area contributed by atoms with Crippen LogP contribution in [0.25, 0.3) is 22.3 Å². The summed E-state index contributed by atoms with van der Waals surface area (Å²) in [5.74, 6) is 2.36. The molecule has 0 saturated carbocycles. The van der Waals surface area contributed by atoms with Gasteiger partial charge in [-0.15, -0.1) is 0 Å². The predicted molar refractivity (Wildman–Crippen MR) is 136 cm³/mol. The number of ether oxygens (including phenoxy) is 2. The number of halogens is 1. The van der Waals surface area contributed by atoms with Crippen LogP contribution in [0.15, 0.2) is 82.1 Å². The third-order valence-electron chi connectivity index (χ3n) is 5.57. The topological polar surface area (TPSA) is 53.3 Å². The number of hydrogen-bond acceptors (Lipinski definition) is 4. The minimum Gasteiger partial charge on any atom is -0.497 e. The van der Waals surface area contributed by atoms with Gasteiger partial charge in [0.2, 0.25) is 0 Å². The number of hydrogen-bond donors (Lipinski definition) is 0. The minimum atomic E-state index is 0.00462. The Balaban J connectivity index is 1.41. The first-order chi connectivity index (χ1) is 16.2.